The summed E-state index contributed by atoms with van der Waals surface area (Å²) in [6.45, 7) is 6.74. The Balaban J connectivity index is 1.82. The number of nitrogens with zero attached hydrogens (tertiary/aromatic N) is 1. The number of aryl methyl sites for hydroxylation is 1. The van der Waals surface area contributed by atoms with Crippen molar-refractivity contribution >= 4 is 21.6 Å². The lowest BCUT2D eigenvalue weighted by atomic mass is 10.1. The van der Waals surface area contributed by atoms with Crippen LogP contribution in [0.15, 0.2) is 53.4 Å². The number of carbonyl (C=O) groups excluding carboxylic acids is 1. The number of morpholine rings is 1. The minimum absolute atomic E-state index is 0.0483. The number of hydrogen-bond acceptors (Lipinski definition) is 4. The summed E-state index contributed by atoms with van der Waals surface area (Å²) in [7, 11) is -3.78. The van der Waals surface area contributed by atoms with Crippen LogP contribution in [0.25, 0.3) is 0 Å². The number of carbonyl (C=O) groups is 1. The lowest BCUT2D eigenvalue weighted by Gasteiger charge is -2.35. The summed E-state index contributed by atoms with van der Waals surface area (Å²) < 4.78 is 33.6. The van der Waals surface area contributed by atoms with Gasteiger partial charge in [0.05, 0.1) is 17.1 Å². The second-order valence-corrected chi connectivity index (χ2v) is 8.65. The number of nitrogens with one attached hydrogen (secondary N) is 1. The maximum absolute atomic E-state index is 12.8. The predicted octanol–water partition coefficient (Wildman–Crippen LogP) is 3.05. The van der Waals surface area contributed by atoms with Gasteiger partial charge in [-0.1, -0.05) is 23.8 Å². The van der Waals surface area contributed by atoms with Gasteiger partial charge in [-0.25, -0.2) is 8.42 Å². The molecule has 144 valence electrons. The van der Waals surface area contributed by atoms with Gasteiger partial charge in [0, 0.05) is 24.3 Å². The Morgan fingerprint density at radius 2 is 1.70 bits per heavy atom. The molecule has 0 bridgehead atoms. The van der Waals surface area contributed by atoms with E-state index in [1.807, 2.05) is 32.9 Å². The summed E-state index contributed by atoms with van der Waals surface area (Å²) in [5.41, 5.74) is 1.87. The van der Waals surface area contributed by atoms with E-state index >= 15 is 0 Å². The molecule has 1 N–H and O–H groups in total. The Bertz CT molecular complexity index is 915. The molecule has 2 aromatic carbocycles. The van der Waals surface area contributed by atoms with Gasteiger partial charge >= 0.3 is 0 Å². The molecule has 6 nitrogen and oxygen atoms in total. The molecule has 27 heavy (non-hydrogen) atoms. The third-order valence-electron chi connectivity index (χ3n) is 4.40. The predicted molar refractivity (Wildman–Crippen MR) is 104 cm³/mol. The van der Waals surface area contributed by atoms with Crippen LogP contribution in [0.1, 0.15) is 29.8 Å². The van der Waals surface area contributed by atoms with Gasteiger partial charge in [0.15, 0.2) is 0 Å². The van der Waals surface area contributed by atoms with E-state index < -0.39 is 10.0 Å². The van der Waals surface area contributed by atoms with Gasteiger partial charge in [-0.3, -0.25) is 9.52 Å². The van der Waals surface area contributed by atoms with E-state index in [-0.39, 0.29) is 23.0 Å². The van der Waals surface area contributed by atoms with E-state index in [1.165, 1.54) is 12.1 Å². The Hall–Kier alpha value is -2.38. The molecular formula is C20H24N2O4S. The van der Waals surface area contributed by atoms with Crippen LogP contribution in [-0.2, 0) is 14.8 Å². The minimum atomic E-state index is -3.78. The van der Waals surface area contributed by atoms with Gasteiger partial charge in [0.25, 0.3) is 15.9 Å². The first-order valence-corrected chi connectivity index (χ1v) is 10.4. The van der Waals surface area contributed by atoms with Gasteiger partial charge in [-0.15, -0.1) is 0 Å². The van der Waals surface area contributed by atoms with Crippen molar-refractivity contribution in [2.24, 2.45) is 0 Å². The fraction of sp³-hybridized carbons (Fsp3) is 0.350. The molecule has 0 aliphatic carbocycles. The zero-order valence-corrected chi connectivity index (χ0v) is 16.5. The van der Waals surface area contributed by atoms with E-state index in [1.54, 1.807) is 29.2 Å². The Morgan fingerprint density at radius 1 is 1.07 bits per heavy atom. The van der Waals surface area contributed by atoms with Gasteiger partial charge in [-0.2, -0.15) is 0 Å². The fourth-order valence-electron chi connectivity index (χ4n) is 3.16. The van der Waals surface area contributed by atoms with Crippen LogP contribution in [-0.4, -0.2) is 44.5 Å². The summed E-state index contributed by atoms with van der Waals surface area (Å²) in [5, 5.41) is 0. The van der Waals surface area contributed by atoms with Crippen molar-refractivity contribution in [2.45, 2.75) is 37.9 Å². The summed E-state index contributed by atoms with van der Waals surface area (Å²) >= 11 is 0. The molecule has 1 aliphatic rings. The first kappa shape index (κ1) is 19.4. The average Bonchev–Trinajstić information content (AvgIpc) is 2.62. The zero-order valence-electron chi connectivity index (χ0n) is 15.7. The summed E-state index contributed by atoms with van der Waals surface area (Å²) in [5.74, 6) is -0.190. The Morgan fingerprint density at radius 3 is 2.33 bits per heavy atom. The first-order valence-electron chi connectivity index (χ1n) is 8.89. The Labute approximate surface area is 160 Å². The van der Waals surface area contributed by atoms with Crippen LogP contribution in [0.4, 0.5) is 5.69 Å². The van der Waals surface area contributed by atoms with Crippen LogP contribution in [0.3, 0.4) is 0 Å². The second kappa shape index (κ2) is 7.70. The van der Waals surface area contributed by atoms with E-state index in [4.69, 9.17) is 4.74 Å². The van der Waals surface area contributed by atoms with Crippen LogP contribution < -0.4 is 4.72 Å². The van der Waals surface area contributed by atoms with Crippen molar-refractivity contribution in [3.05, 3.63) is 59.7 Å². The molecule has 0 spiro atoms. The lowest BCUT2D eigenvalue weighted by molar-refractivity contribution is -0.0586. The van der Waals surface area contributed by atoms with Crippen molar-refractivity contribution in [1.82, 2.24) is 4.90 Å². The molecule has 1 heterocycles. The number of anilines is 1. The van der Waals surface area contributed by atoms with Crippen LogP contribution in [0.2, 0.25) is 0 Å². The van der Waals surface area contributed by atoms with Crippen molar-refractivity contribution < 1.29 is 17.9 Å². The van der Waals surface area contributed by atoms with Gasteiger partial charge < -0.3 is 9.64 Å². The number of hydrogen-bond donors (Lipinski definition) is 1. The highest BCUT2D eigenvalue weighted by Gasteiger charge is 2.27. The molecule has 0 saturated carbocycles. The number of rotatable bonds is 4. The molecule has 1 aliphatic heterocycles. The highest BCUT2D eigenvalue weighted by molar-refractivity contribution is 7.92. The van der Waals surface area contributed by atoms with Crippen molar-refractivity contribution in [3.63, 3.8) is 0 Å². The zero-order chi connectivity index (χ0) is 19.6. The van der Waals surface area contributed by atoms with Crippen molar-refractivity contribution in [3.8, 4) is 0 Å². The Kier molecular flexibility index (Phi) is 5.53. The monoisotopic (exact) mass is 388 g/mol. The first-order chi connectivity index (χ1) is 12.7. The van der Waals surface area contributed by atoms with Crippen LogP contribution in [0.5, 0.6) is 0 Å². The molecule has 0 aromatic heterocycles. The smallest absolute Gasteiger partial charge is 0.261 e. The second-order valence-electron chi connectivity index (χ2n) is 6.97. The molecule has 2 atom stereocenters. The number of sulfonamides is 1. The SMILES string of the molecule is Cc1ccc(NS(=O)(=O)c2cccc(C(=O)N3C[C@@H](C)O[C@H](C)C3)c2)cc1. The highest BCUT2D eigenvalue weighted by Crippen LogP contribution is 2.20. The summed E-state index contributed by atoms with van der Waals surface area (Å²) in [6, 6.07) is 13.2. The number of benzene rings is 2. The molecule has 0 unspecified atom stereocenters. The topological polar surface area (TPSA) is 75.7 Å². The fourth-order valence-corrected chi connectivity index (χ4v) is 4.26. The number of amides is 1. The molecule has 0 radical (unpaired) electrons. The van der Waals surface area contributed by atoms with Crippen LogP contribution >= 0.6 is 0 Å². The molecule has 3 rings (SSSR count). The molecule has 7 heteroatoms. The standard InChI is InChI=1S/C20H24N2O4S/c1-14-7-9-18(10-8-14)21-27(24,25)19-6-4-5-17(11-19)20(23)22-12-15(2)26-16(3)13-22/h4-11,15-16,21H,12-13H2,1-3H3/t15-,16-/m1/s1. The van der Waals surface area contributed by atoms with Crippen LogP contribution in [0, 0.1) is 6.92 Å². The normalized spacial score (nSPS) is 20.3. The average molecular weight is 388 g/mol. The largest absolute Gasteiger partial charge is 0.372 e. The lowest BCUT2D eigenvalue weighted by Crippen LogP contribution is -2.48. The third kappa shape index (κ3) is 4.67. The van der Waals surface area contributed by atoms with Gasteiger partial charge in [0.1, 0.15) is 0 Å². The van der Waals surface area contributed by atoms with E-state index in [9.17, 15) is 13.2 Å². The maximum Gasteiger partial charge on any atom is 0.261 e. The van der Waals surface area contributed by atoms with Gasteiger partial charge in [0.2, 0.25) is 0 Å². The molecule has 1 amide bonds. The maximum atomic E-state index is 12.8. The highest BCUT2D eigenvalue weighted by atomic mass is 32.2. The molecule has 2 aromatic rings. The minimum Gasteiger partial charge on any atom is -0.372 e. The summed E-state index contributed by atoms with van der Waals surface area (Å²) in [6.07, 6.45) is -0.0966. The summed E-state index contributed by atoms with van der Waals surface area (Å²) in [4.78, 5) is 14.6. The molecule has 1 fully saturated rings. The van der Waals surface area contributed by atoms with E-state index in [0.29, 0.717) is 24.3 Å². The van der Waals surface area contributed by atoms with Gasteiger partial charge in [-0.05, 0) is 51.1 Å². The number of ether oxygens (including phenoxy) is 1. The van der Waals surface area contributed by atoms with E-state index in [0.717, 1.165) is 5.56 Å². The van der Waals surface area contributed by atoms with Crippen molar-refractivity contribution in [2.75, 3.05) is 17.8 Å². The van der Waals surface area contributed by atoms with E-state index in [2.05, 4.69) is 4.72 Å². The third-order valence-corrected chi connectivity index (χ3v) is 5.78. The molecule has 1 saturated heterocycles. The quantitative estimate of drug-likeness (QED) is 0.873. The molecular weight excluding hydrogens is 364 g/mol. The van der Waals surface area contributed by atoms with Crippen molar-refractivity contribution in [1.29, 1.82) is 0 Å².